The fourth-order valence-corrected chi connectivity index (χ4v) is 2.27. The molecule has 1 amide bonds. The summed E-state index contributed by atoms with van der Waals surface area (Å²) in [6.45, 7) is 2.08. The molecule has 2 rings (SSSR count). The zero-order valence-electron chi connectivity index (χ0n) is 9.51. The SMILES string of the molecule is CCc1nc(Cc2ccnc(C(N)=O)c2)cs1. The number of aromatic nitrogens is 2. The molecule has 0 aliphatic rings. The highest BCUT2D eigenvalue weighted by atomic mass is 32.1. The number of nitrogens with zero attached hydrogens (tertiary/aromatic N) is 2. The first-order valence-corrected chi connectivity index (χ1v) is 6.25. The highest BCUT2D eigenvalue weighted by molar-refractivity contribution is 7.09. The molecule has 2 aromatic rings. The van der Waals surface area contributed by atoms with Gasteiger partial charge in [-0.2, -0.15) is 0 Å². The minimum atomic E-state index is -0.501. The molecule has 2 N–H and O–H groups in total. The van der Waals surface area contributed by atoms with Gasteiger partial charge in [-0.05, 0) is 24.1 Å². The topological polar surface area (TPSA) is 68.9 Å². The van der Waals surface area contributed by atoms with E-state index < -0.39 is 5.91 Å². The van der Waals surface area contributed by atoms with Gasteiger partial charge in [0.05, 0.1) is 10.7 Å². The maximum Gasteiger partial charge on any atom is 0.267 e. The second-order valence-electron chi connectivity index (χ2n) is 3.68. The van der Waals surface area contributed by atoms with Crippen LogP contribution >= 0.6 is 11.3 Å². The summed E-state index contributed by atoms with van der Waals surface area (Å²) < 4.78 is 0. The van der Waals surface area contributed by atoms with Crippen molar-refractivity contribution in [3.63, 3.8) is 0 Å². The summed E-state index contributed by atoms with van der Waals surface area (Å²) in [7, 11) is 0. The monoisotopic (exact) mass is 247 g/mol. The molecular formula is C12H13N3OS. The van der Waals surface area contributed by atoms with Gasteiger partial charge in [0.15, 0.2) is 0 Å². The molecule has 0 spiro atoms. The summed E-state index contributed by atoms with van der Waals surface area (Å²) in [5.41, 5.74) is 7.51. The van der Waals surface area contributed by atoms with Crippen LogP contribution in [-0.2, 0) is 12.8 Å². The predicted octanol–water partition coefficient (Wildman–Crippen LogP) is 1.79. The third kappa shape index (κ3) is 2.88. The van der Waals surface area contributed by atoms with Gasteiger partial charge in [0, 0.05) is 18.0 Å². The van der Waals surface area contributed by atoms with Gasteiger partial charge in [-0.1, -0.05) is 6.92 Å². The van der Waals surface area contributed by atoms with Crippen molar-refractivity contribution < 1.29 is 4.79 Å². The number of thiazole rings is 1. The Morgan fingerprint density at radius 1 is 1.53 bits per heavy atom. The van der Waals surface area contributed by atoms with Gasteiger partial charge in [0.25, 0.3) is 5.91 Å². The van der Waals surface area contributed by atoms with Crippen LogP contribution in [0.5, 0.6) is 0 Å². The van der Waals surface area contributed by atoms with Crippen LogP contribution < -0.4 is 5.73 Å². The van der Waals surface area contributed by atoms with Crippen molar-refractivity contribution in [1.29, 1.82) is 0 Å². The molecule has 2 heterocycles. The second kappa shape index (κ2) is 5.05. The van der Waals surface area contributed by atoms with E-state index in [1.165, 1.54) is 0 Å². The number of aryl methyl sites for hydroxylation is 1. The first kappa shape index (κ1) is 11.7. The number of hydrogen-bond acceptors (Lipinski definition) is 4. The number of nitrogens with two attached hydrogens (primary N) is 1. The van der Waals surface area contributed by atoms with Crippen LogP contribution in [0.4, 0.5) is 0 Å². The van der Waals surface area contributed by atoms with E-state index in [1.54, 1.807) is 23.6 Å². The molecule has 0 bridgehead atoms. The summed E-state index contributed by atoms with van der Waals surface area (Å²) in [5.74, 6) is -0.501. The summed E-state index contributed by atoms with van der Waals surface area (Å²) >= 11 is 1.66. The minimum Gasteiger partial charge on any atom is -0.364 e. The molecule has 2 aromatic heterocycles. The lowest BCUT2D eigenvalue weighted by molar-refractivity contribution is 0.0995. The Hall–Kier alpha value is -1.75. The Morgan fingerprint density at radius 2 is 2.35 bits per heavy atom. The number of rotatable bonds is 4. The maximum absolute atomic E-state index is 11.0. The van der Waals surface area contributed by atoms with Gasteiger partial charge < -0.3 is 5.73 Å². The van der Waals surface area contributed by atoms with E-state index in [-0.39, 0.29) is 0 Å². The molecule has 0 unspecified atom stereocenters. The van der Waals surface area contributed by atoms with Crippen LogP contribution in [0, 0.1) is 0 Å². The molecule has 88 valence electrons. The van der Waals surface area contributed by atoms with Gasteiger partial charge in [0.2, 0.25) is 0 Å². The third-order valence-corrected chi connectivity index (χ3v) is 3.41. The van der Waals surface area contributed by atoms with Crippen LogP contribution in [0.25, 0.3) is 0 Å². The number of hydrogen-bond donors (Lipinski definition) is 1. The van der Waals surface area contributed by atoms with Crippen LogP contribution in [-0.4, -0.2) is 15.9 Å². The average Bonchev–Trinajstić information content (AvgIpc) is 2.77. The standard InChI is InChI=1S/C12H13N3OS/c1-2-11-15-9(7-17-11)5-8-3-4-14-10(6-8)12(13)16/h3-4,6-7H,2,5H2,1H3,(H2,13,16). The number of carbonyl (C=O) groups excluding carboxylic acids is 1. The Morgan fingerprint density at radius 3 is 3.00 bits per heavy atom. The lowest BCUT2D eigenvalue weighted by Gasteiger charge is -2.00. The highest BCUT2D eigenvalue weighted by Gasteiger charge is 2.05. The molecule has 0 aromatic carbocycles. The van der Waals surface area contributed by atoms with Crippen molar-refractivity contribution in [2.24, 2.45) is 5.73 Å². The smallest absolute Gasteiger partial charge is 0.267 e. The van der Waals surface area contributed by atoms with Gasteiger partial charge in [0.1, 0.15) is 5.69 Å². The fourth-order valence-electron chi connectivity index (χ4n) is 1.52. The van der Waals surface area contributed by atoms with Crippen molar-refractivity contribution in [3.8, 4) is 0 Å². The molecular weight excluding hydrogens is 234 g/mol. The van der Waals surface area contributed by atoms with Crippen molar-refractivity contribution >= 4 is 17.2 Å². The summed E-state index contributed by atoms with van der Waals surface area (Å²) in [5, 5.41) is 3.17. The van der Waals surface area contributed by atoms with Crippen molar-refractivity contribution in [3.05, 3.63) is 45.7 Å². The highest BCUT2D eigenvalue weighted by Crippen LogP contribution is 2.14. The fraction of sp³-hybridized carbons (Fsp3) is 0.250. The molecule has 0 saturated heterocycles. The van der Waals surface area contributed by atoms with Gasteiger partial charge in [-0.3, -0.25) is 9.78 Å². The molecule has 0 saturated carbocycles. The summed E-state index contributed by atoms with van der Waals surface area (Å²) in [4.78, 5) is 19.4. The van der Waals surface area contributed by atoms with Crippen LogP contribution in [0.1, 0.15) is 33.7 Å². The van der Waals surface area contributed by atoms with Crippen molar-refractivity contribution in [2.75, 3.05) is 0 Å². The molecule has 0 fully saturated rings. The molecule has 5 heteroatoms. The number of pyridine rings is 1. The lowest BCUT2D eigenvalue weighted by Crippen LogP contribution is -2.13. The zero-order chi connectivity index (χ0) is 12.3. The Bertz CT molecular complexity index is 536. The zero-order valence-corrected chi connectivity index (χ0v) is 10.3. The summed E-state index contributed by atoms with van der Waals surface area (Å²) in [6.07, 6.45) is 3.26. The summed E-state index contributed by atoms with van der Waals surface area (Å²) in [6, 6.07) is 3.59. The van der Waals surface area contributed by atoms with Gasteiger partial charge in [-0.15, -0.1) is 11.3 Å². The molecule has 17 heavy (non-hydrogen) atoms. The van der Waals surface area contributed by atoms with Crippen LogP contribution in [0.15, 0.2) is 23.7 Å². The van der Waals surface area contributed by atoms with Crippen LogP contribution in [0.3, 0.4) is 0 Å². The van der Waals surface area contributed by atoms with E-state index in [1.807, 2.05) is 11.4 Å². The largest absolute Gasteiger partial charge is 0.364 e. The lowest BCUT2D eigenvalue weighted by atomic mass is 10.1. The normalized spacial score (nSPS) is 10.4. The van der Waals surface area contributed by atoms with Gasteiger partial charge in [-0.25, -0.2) is 4.98 Å². The number of amides is 1. The second-order valence-corrected chi connectivity index (χ2v) is 4.62. The first-order chi connectivity index (χ1) is 8.19. The van der Waals surface area contributed by atoms with Gasteiger partial charge >= 0.3 is 0 Å². The number of carbonyl (C=O) groups is 1. The van der Waals surface area contributed by atoms with E-state index >= 15 is 0 Å². The Balaban J connectivity index is 2.18. The first-order valence-electron chi connectivity index (χ1n) is 5.37. The Kier molecular flexibility index (Phi) is 3.49. The maximum atomic E-state index is 11.0. The van der Waals surface area contributed by atoms with E-state index in [2.05, 4.69) is 16.9 Å². The van der Waals surface area contributed by atoms with Crippen LogP contribution in [0.2, 0.25) is 0 Å². The number of primary amides is 1. The minimum absolute atomic E-state index is 0.299. The van der Waals surface area contributed by atoms with E-state index in [0.29, 0.717) is 12.1 Å². The molecule has 0 aliphatic heterocycles. The molecule has 0 atom stereocenters. The average molecular weight is 247 g/mol. The van der Waals surface area contributed by atoms with Crippen molar-refractivity contribution in [1.82, 2.24) is 9.97 Å². The Labute approximate surface area is 104 Å². The predicted molar refractivity (Wildman–Crippen MR) is 67.1 cm³/mol. The van der Waals surface area contributed by atoms with E-state index in [0.717, 1.165) is 22.7 Å². The van der Waals surface area contributed by atoms with E-state index in [4.69, 9.17) is 5.73 Å². The molecule has 0 radical (unpaired) electrons. The molecule has 4 nitrogen and oxygen atoms in total. The third-order valence-electron chi connectivity index (χ3n) is 2.36. The quantitative estimate of drug-likeness (QED) is 0.895. The van der Waals surface area contributed by atoms with Crippen molar-refractivity contribution in [2.45, 2.75) is 19.8 Å². The van der Waals surface area contributed by atoms with E-state index in [9.17, 15) is 4.79 Å². The molecule has 0 aliphatic carbocycles.